The first-order valence-corrected chi connectivity index (χ1v) is 11.6. The molecule has 0 aromatic heterocycles. The van der Waals surface area contributed by atoms with Gasteiger partial charge in [0.1, 0.15) is 0 Å². The van der Waals surface area contributed by atoms with Crippen molar-refractivity contribution in [2.24, 2.45) is 0 Å². The van der Waals surface area contributed by atoms with Crippen LogP contribution in [0, 0.1) is 0 Å². The van der Waals surface area contributed by atoms with E-state index in [1.54, 1.807) is 43.0 Å². The average Bonchev–Trinajstić information content (AvgIpc) is 2.68. The largest absolute Gasteiger partial charge is 0.351 e. The highest BCUT2D eigenvalue weighted by molar-refractivity contribution is 7.98. The van der Waals surface area contributed by atoms with Gasteiger partial charge in [0.15, 0.2) is 0 Å². The standard InChI is InChI=1S/C19H23ClN2O3S2/c1-3-27(24,25)22(2)18-10-6-16(7-11-18)19(23)21-12-13-26-14-15-4-8-17(20)9-5-15/h4-11H,3,12-14H2,1-2H3,(H,21,23). The third-order valence-corrected chi connectivity index (χ3v) is 7.05. The average molecular weight is 427 g/mol. The molecule has 0 saturated carbocycles. The van der Waals surface area contributed by atoms with E-state index in [1.165, 1.54) is 16.9 Å². The summed E-state index contributed by atoms with van der Waals surface area (Å²) in [6.07, 6.45) is 0. The second-order valence-electron chi connectivity index (χ2n) is 5.85. The lowest BCUT2D eigenvalue weighted by Crippen LogP contribution is -2.28. The topological polar surface area (TPSA) is 66.5 Å². The Bertz CT molecular complexity index is 854. The Balaban J connectivity index is 1.78. The summed E-state index contributed by atoms with van der Waals surface area (Å²) in [5, 5.41) is 3.59. The summed E-state index contributed by atoms with van der Waals surface area (Å²) in [6, 6.07) is 14.3. The van der Waals surface area contributed by atoms with E-state index >= 15 is 0 Å². The monoisotopic (exact) mass is 426 g/mol. The van der Waals surface area contributed by atoms with Gasteiger partial charge in [-0.2, -0.15) is 11.8 Å². The van der Waals surface area contributed by atoms with Gasteiger partial charge in [0.2, 0.25) is 10.0 Å². The molecule has 0 aliphatic heterocycles. The number of nitrogens with zero attached hydrogens (tertiary/aromatic N) is 1. The highest BCUT2D eigenvalue weighted by atomic mass is 35.5. The zero-order valence-electron chi connectivity index (χ0n) is 15.3. The number of carbonyl (C=O) groups excluding carboxylic acids is 1. The van der Waals surface area contributed by atoms with E-state index in [0.717, 1.165) is 16.5 Å². The van der Waals surface area contributed by atoms with Crippen LogP contribution >= 0.6 is 23.4 Å². The number of nitrogens with one attached hydrogen (secondary N) is 1. The quantitative estimate of drug-likeness (QED) is 0.619. The summed E-state index contributed by atoms with van der Waals surface area (Å²) in [6.45, 7) is 2.15. The maximum absolute atomic E-state index is 12.2. The predicted octanol–water partition coefficient (Wildman–Crippen LogP) is 3.79. The minimum Gasteiger partial charge on any atom is -0.351 e. The first-order valence-electron chi connectivity index (χ1n) is 8.50. The molecule has 5 nitrogen and oxygen atoms in total. The fourth-order valence-corrected chi connectivity index (χ4v) is 4.06. The Hall–Kier alpha value is -1.70. The minimum atomic E-state index is -3.31. The lowest BCUT2D eigenvalue weighted by molar-refractivity contribution is 0.0956. The molecule has 0 heterocycles. The molecular formula is C19H23ClN2O3S2. The van der Waals surface area contributed by atoms with Crippen LogP contribution in [0.2, 0.25) is 5.02 Å². The summed E-state index contributed by atoms with van der Waals surface area (Å²) in [5.74, 6) is 1.51. The third kappa shape index (κ3) is 6.45. The number of hydrogen-bond donors (Lipinski definition) is 1. The number of hydrogen-bond acceptors (Lipinski definition) is 4. The molecule has 0 fully saturated rings. The molecule has 146 valence electrons. The van der Waals surface area contributed by atoms with Gasteiger partial charge >= 0.3 is 0 Å². The fourth-order valence-electron chi connectivity index (χ4n) is 2.29. The molecule has 1 amide bonds. The van der Waals surface area contributed by atoms with Gasteiger partial charge in [-0.1, -0.05) is 23.7 Å². The van der Waals surface area contributed by atoms with Crippen molar-refractivity contribution in [2.45, 2.75) is 12.7 Å². The van der Waals surface area contributed by atoms with Gasteiger partial charge in [-0.25, -0.2) is 8.42 Å². The van der Waals surface area contributed by atoms with Crippen molar-refractivity contribution in [3.05, 3.63) is 64.7 Å². The maximum atomic E-state index is 12.2. The van der Waals surface area contributed by atoms with Gasteiger partial charge in [-0.05, 0) is 48.9 Å². The van der Waals surface area contributed by atoms with Crippen molar-refractivity contribution in [1.29, 1.82) is 0 Å². The van der Waals surface area contributed by atoms with Crippen molar-refractivity contribution in [3.8, 4) is 0 Å². The SMILES string of the molecule is CCS(=O)(=O)N(C)c1ccc(C(=O)NCCSCc2ccc(Cl)cc2)cc1. The molecule has 1 N–H and O–H groups in total. The molecule has 0 bridgehead atoms. The van der Waals surface area contributed by atoms with E-state index < -0.39 is 10.0 Å². The van der Waals surface area contributed by atoms with Crippen LogP contribution in [0.5, 0.6) is 0 Å². The van der Waals surface area contributed by atoms with E-state index in [4.69, 9.17) is 11.6 Å². The van der Waals surface area contributed by atoms with Crippen molar-refractivity contribution < 1.29 is 13.2 Å². The number of rotatable bonds is 9. The van der Waals surface area contributed by atoms with Crippen LogP contribution in [0.4, 0.5) is 5.69 Å². The molecular weight excluding hydrogens is 404 g/mol. The van der Waals surface area contributed by atoms with Crippen LogP contribution in [0.15, 0.2) is 48.5 Å². The van der Waals surface area contributed by atoms with Crippen LogP contribution in [0.25, 0.3) is 0 Å². The van der Waals surface area contributed by atoms with E-state index in [9.17, 15) is 13.2 Å². The Kier molecular flexibility index (Phi) is 8.01. The van der Waals surface area contributed by atoms with Crippen molar-refractivity contribution >= 4 is 45.0 Å². The maximum Gasteiger partial charge on any atom is 0.251 e. The van der Waals surface area contributed by atoms with Gasteiger partial charge in [0, 0.05) is 35.7 Å². The number of carbonyl (C=O) groups is 1. The molecule has 2 aromatic rings. The molecule has 0 saturated heterocycles. The second kappa shape index (κ2) is 10.0. The van der Waals surface area contributed by atoms with Crippen LogP contribution in [-0.2, 0) is 15.8 Å². The Labute approximate surface area is 170 Å². The predicted molar refractivity (Wildman–Crippen MR) is 114 cm³/mol. The Morgan fingerprint density at radius 1 is 1.11 bits per heavy atom. The van der Waals surface area contributed by atoms with Crippen LogP contribution < -0.4 is 9.62 Å². The fraction of sp³-hybridized carbons (Fsp3) is 0.316. The van der Waals surface area contributed by atoms with Crippen LogP contribution in [0.3, 0.4) is 0 Å². The summed E-state index contributed by atoms with van der Waals surface area (Å²) in [5.41, 5.74) is 2.23. The number of thioether (sulfide) groups is 1. The first-order chi connectivity index (χ1) is 12.8. The van der Waals surface area contributed by atoms with Crippen molar-refractivity contribution in [2.75, 3.05) is 29.4 Å². The van der Waals surface area contributed by atoms with E-state index in [0.29, 0.717) is 17.8 Å². The van der Waals surface area contributed by atoms with Gasteiger partial charge in [-0.3, -0.25) is 9.10 Å². The molecule has 0 aliphatic carbocycles. The zero-order chi connectivity index (χ0) is 19.9. The molecule has 2 rings (SSSR count). The molecule has 0 aliphatic rings. The zero-order valence-corrected chi connectivity index (χ0v) is 17.7. The smallest absolute Gasteiger partial charge is 0.251 e. The molecule has 8 heteroatoms. The number of anilines is 1. The molecule has 0 radical (unpaired) electrons. The summed E-state index contributed by atoms with van der Waals surface area (Å²) < 4.78 is 25.0. The summed E-state index contributed by atoms with van der Waals surface area (Å²) in [4.78, 5) is 12.2. The highest BCUT2D eigenvalue weighted by Gasteiger charge is 2.16. The van der Waals surface area contributed by atoms with E-state index in [1.807, 2.05) is 24.3 Å². The van der Waals surface area contributed by atoms with Crippen LogP contribution in [0.1, 0.15) is 22.8 Å². The van der Waals surface area contributed by atoms with Gasteiger partial charge in [0.25, 0.3) is 5.91 Å². The first kappa shape index (κ1) is 21.6. The lowest BCUT2D eigenvalue weighted by atomic mass is 10.2. The second-order valence-corrected chi connectivity index (χ2v) is 9.68. The number of halogens is 1. The van der Waals surface area contributed by atoms with Gasteiger partial charge < -0.3 is 5.32 Å². The molecule has 2 aromatic carbocycles. The number of sulfonamides is 1. The number of benzene rings is 2. The van der Waals surface area contributed by atoms with Crippen molar-refractivity contribution in [1.82, 2.24) is 5.32 Å². The summed E-state index contributed by atoms with van der Waals surface area (Å²) in [7, 11) is -1.80. The van der Waals surface area contributed by atoms with E-state index in [-0.39, 0.29) is 11.7 Å². The van der Waals surface area contributed by atoms with E-state index in [2.05, 4.69) is 5.32 Å². The lowest BCUT2D eigenvalue weighted by Gasteiger charge is -2.18. The van der Waals surface area contributed by atoms with Crippen molar-refractivity contribution in [3.63, 3.8) is 0 Å². The molecule has 0 unspecified atom stereocenters. The Morgan fingerprint density at radius 3 is 2.33 bits per heavy atom. The summed E-state index contributed by atoms with van der Waals surface area (Å²) >= 11 is 7.59. The van der Waals surface area contributed by atoms with Gasteiger partial charge in [-0.15, -0.1) is 0 Å². The molecule has 0 spiro atoms. The minimum absolute atomic E-state index is 0.0272. The van der Waals surface area contributed by atoms with Gasteiger partial charge in [0.05, 0.1) is 11.4 Å². The third-order valence-electron chi connectivity index (χ3n) is 3.99. The molecule has 0 atom stereocenters. The number of amides is 1. The normalized spacial score (nSPS) is 11.2. The Morgan fingerprint density at radius 2 is 1.74 bits per heavy atom. The van der Waals surface area contributed by atoms with Crippen LogP contribution in [-0.4, -0.2) is 39.4 Å². The molecule has 27 heavy (non-hydrogen) atoms. The highest BCUT2D eigenvalue weighted by Crippen LogP contribution is 2.18.